The van der Waals surface area contributed by atoms with Crippen molar-refractivity contribution in [3.05, 3.63) is 35.4 Å². The van der Waals surface area contributed by atoms with Crippen LogP contribution in [-0.4, -0.2) is 198 Å². The van der Waals surface area contributed by atoms with Gasteiger partial charge in [-0.05, 0) is 61.4 Å². The molecule has 0 unspecified atom stereocenters. The zero-order chi connectivity index (χ0) is 46.0. The van der Waals surface area contributed by atoms with E-state index in [1.165, 1.54) is 11.8 Å². The summed E-state index contributed by atoms with van der Waals surface area (Å²) in [6.45, 7) is 10.9. The van der Waals surface area contributed by atoms with E-state index in [0.717, 1.165) is 25.8 Å². The standard InChI is InChI=1S/C42H71N9O10S/c1-30(2)39(42(61)44-15-8-6-7-14-43-31(3)4)47-41(60)34(13-24-62-5)46-40(59)33-11-9-32(10-12-33)25-45-35(52)26-48-16-18-49(27-36(53)54)20-22-51(29-38(57)58)23-21-50(19-17-48)28-37(55)56/h9-12,30-31,34,39,43H,6-8,13-29H2,1-5H3,(H,44,61)(H,45,52)(H,46,59)(H,47,60)(H,53,54)(H,55,56)(H,57,58)/t34-,39-/m0/s1. The van der Waals surface area contributed by atoms with E-state index >= 15 is 0 Å². The van der Waals surface area contributed by atoms with Gasteiger partial charge in [0.1, 0.15) is 12.1 Å². The lowest BCUT2D eigenvalue weighted by molar-refractivity contribution is -0.140. The van der Waals surface area contributed by atoms with Crippen molar-refractivity contribution in [2.45, 2.75) is 78.0 Å². The van der Waals surface area contributed by atoms with Gasteiger partial charge < -0.3 is 41.9 Å². The number of hydrogen-bond donors (Lipinski definition) is 8. The Kier molecular flexibility index (Phi) is 25.9. The highest BCUT2D eigenvalue weighted by molar-refractivity contribution is 7.98. The third kappa shape index (κ3) is 23.2. The van der Waals surface area contributed by atoms with Gasteiger partial charge in [-0.15, -0.1) is 0 Å². The molecule has 20 heteroatoms. The first-order valence-corrected chi connectivity index (χ1v) is 22.9. The molecule has 1 aromatic carbocycles. The van der Waals surface area contributed by atoms with Crippen LogP contribution in [-0.2, 0) is 35.3 Å². The summed E-state index contributed by atoms with van der Waals surface area (Å²) in [5, 5.41) is 43.2. The molecule has 0 aliphatic carbocycles. The number of rotatable bonds is 26. The fourth-order valence-corrected chi connectivity index (χ4v) is 7.16. The number of amides is 4. The number of carbonyl (C=O) groups is 7. The highest BCUT2D eigenvalue weighted by Crippen LogP contribution is 2.10. The minimum atomic E-state index is -1.04. The highest BCUT2D eigenvalue weighted by atomic mass is 32.2. The third-order valence-corrected chi connectivity index (χ3v) is 10.9. The van der Waals surface area contributed by atoms with Crippen molar-refractivity contribution < 1.29 is 48.9 Å². The van der Waals surface area contributed by atoms with Gasteiger partial charge in [-0.2, -0.15) is 11.8 Å². The fourth-order valence-electron chi connectivity index (χ4n) is 6.69. The molecule has 1 saturated heterocycles. The number of aliphatic carboxylic acids is 3. The van der Waals surface area contributed by atoms with Crippen LogP contribution in [0.1, 0.15) is 69.3 Å². The van der Waals surface area contributed by atoms with Crippen LogP contribution < -0.4 is 26.6 Å². The second kappa shape index (κ2) is 29.9. The predicted molar refractivity (Wildman–Crippen MR) is 238 cm³/mol. The summed E-state index contributed by atoms with van der Waals surface area (Å²) in [4.78, 5) is 94.6. The van der Waals surface area contributed by atoms with E-state index in [0.29, 0.717) is 49.0 Å². The lowest BCUT2D eigenvalue weighted by atomic mass is 10.0. The number of thioether (sulfide) groups is 1. The molecule has 1 aliphatic rings. The molecule has 1 fully saturated rings. The Labute approximate surface area is 370 Å². The van der Waals surface area contributed by atoms with Crippen LogP contribution in [0.4, 0.5) is 0 Å². The number of hydrogen-bond acceptors (Lipinski definition) is 13. The quantitative estimate of drug-likeness (QED) is 0.0573. The molecular weight excluding hydrogens is 823 g/mol. The largest absolute Gasteiger partial charge is 0.480 e. The SMILES string of the molecule is CSCC[C@H](NC(=O)c1ccc(CNC(=O)CN2CCN(CC(=O)O)CCN(CC(=O)O)CCN(CC(=O)O)CC2)cc1)C(=O)N[C@H](C(=O)NCCCCCNC(C)C)C(C)C. The zero-order valence-electron chi connectivity index (χ0n) is 37.2. The summed E-state index contributed by atoms with van der Waals surface area (Å²) >= 11 is 1.54. The number of carbonyl (C=O) groups excluding carboxylic acids is 4. The van der Waals surface area contributed by atoms with E-state index < -0.39 is 41.8 Å². The van der Waals surface area contributed by atoms with Crippen molar-refractivity contribution in [3.63, 3.8) is 0 Å². The predicted octanol–water partition coefficient (Wildman–Crippen LogP) is 0.0550. The van der Waals surface area contributed by atoms with Gasteiger partial charge in [0.15, 0.2) is 0 Å². The Hall–Kier alpha value is -4.34. The molecule has 350 valence electrons. The second-order valence-electron chi connectivity index (χ2n) is 16.3. The van der Waals surface area contributed by atoms with E-state index in [4.69, 9.17) is 0 Å². The molecule has 2 rings (SSSR count). The molecule has 1 heterocycles. The average Bonchev–Trinajstić information content (AvgIpc) is 3.20. The number of nitrogens with one attached hydrogen (secondary N) is 5. The molecule has 1 aromatic rings. The molecule has 19 nitrogen and oxygen atoms in total. The molecule has 4 amide bonds. The maximum absolute atomic E-state index is 13.5. The van der Waals surface area contributed by atoms with Gasteiger partial charge in [-0.25, -0.2) is 0 Å². The van der Waals surface area contributed by atoms with Crippen molar-refractivity contribution in [1.82, 2.24) is 46.2 Å². The van der Waals surface area contributed by atoms with Crippen LogP contribution in [0.3, 0.4) is 0 Å². The number of carboxylic acids is 3. The van der Waals surface area contributed by atoms with Crippen molar-refractivity contribution in [2.24, 2.45) is 5.92 Å². The lowest BCUT2D eigenvalue weighted by Crippen LogP contribution is -2.55. The lowest BCUT2D eigenvalue weighted by Gasteiger charge is -2.32. The first kappa shape index (κ1) is 53.8. The molecular formula is C42H71N9O10S. The number of nitrogens with zero attached hydrogens (tertiary/aromatic N) is 4. The summed E-state index contributed by atoms with van der Waals surface area (Å²) in [5.74, 6) is -4.16. The van der Waals surface area contributed by atoms with Crippen LogP contribution in [0.25, 0.3) is 0 Å². The molecule has 0 aromatic heterocycles. The van der Waals surface area contributed by atoms with E-state index in [-0.39, 0.29) is 89.7 Å². The van der Waals surface area contributed by atoms with Crippen LogP contribution in [0.5, 0.6) is 0 Å². The topological polar surface area (TPSA) is 253 Å². The van der Waals surface area contributed by atoms with Gasteiger partial charge >= 0.3 is 17.9 Å². The minimum absolute atomic E-state index is 0.0389. The summed E-state index contributed by atoms with van der Waals surface area (Å²) in [6, 6.07) is 5.39. The van der Waals surface area contributed by atoms with Gasteiger partial charge in [0, 0.05) is 77.1 Å². The van der Waals surface area contributed by atoms with E-state index in [1.54, 1.807) is 39.0 Å². The molecule has 8 N–H and O–H groups in total. The van der Waals surface area contributed by atoms with Gasteiger partial charge in [0.2, 0.25) is 17.7 Å². The van der Waals surface area contributed by atoms with Crippen molar-refractivity contribution >= 4 is 53.3 Å². The number of carboxylic acid groups (broad SMARTS) is 3. The van der Waals surface area contributed by atoms with E-state index in [1.807, 2.05) is 25.0 Å². The Balaban J connectivity index is 2.01. The Bertz CT molecular complexity index is 1540. The van der Waals surface area contributed by atoms with Crippen molar-refractivity contribution in [3.8, 4) is 0 Å². The van der Waals surface area contributed by atoms with Gasteiger partial charge in [-0.3, -0.25) is 53.2 Å². The van der Waals surface area contributed by atoms with Crippen LogP contribution in [0.15, 0.2) is 24.3 Å². The van der Waals surface area contributed by atoms with Gasteiger partial charge in [-0.1, -0.05) is 46.2 Å². The maximum Gasteiger partial charge on any atom is 0.317 e. The first-order chi connectivity index (χ1) is 29.5. The number of unbranched alkanes of at least 4 members (excludes halogenated alkanes) is 2. The third-order valence-electron chi connectivity index (χ3n) is 10.3. The fraction of sp³-hybridized carbons (Fsp3) is 0.690. The highest BCUT2D eigenvalue weighted by Gasteiger charge is 2.29. The van der Waals surface area contributed by atoms with Crippen LogP contribution in [0, 0.1) is 5.92 Å². The van der Waals surface area contributed by atoms with E-state index in [2.05, 4.69) is 40.4 Å². The van der Waals surface area contributed by atoms with Gasteiger partial charge in [0.05, 0.1) is 26.2 Å². The second-order valence-corrected chi connectivity index (χ2v) is 17.2. The Morgan fingerprint density at radius 1 is 0.629 bits per heavy atom. The summed E-state index contributed by atoms with van der Waals surface area (Å²) in [7, 11) is 0. The average molecular weight is 894 g/mol. The zero-order valence-corrected chi connectivity index (χ0v) is 38.0. The monoisotopic (exact) mass is 894 g/mol. The normalized spacial score (nSPS) is 16.1. The summed E-state index contributed by atoms with van der Waals surface area (Å²) in [5.41, 5.74) is 1.02. The van der Waals surface area contributed by atoms with Gasteiger partial charge in [0.25, 0.3) is 5.91 Å². The van der Waals surface area contributed by atoms with Crippen molar-refractivity contribution in [2.75, 3.05) is 104 Å². The van der Waals surface area contributed by atoms with Crippen molar-refractivity contribution in [1.29, 1.82) is 0 Å². The van der Waals surface area contributed by atoms with Crippen LogP contribution >= 0.6 is 11.8 Å². The van der Waals surface area contributed by atoms with Crippen LogP contribution in [0.2, 0.25) is 0 Å². The smallest absolute Gasteiger partial charge is 0.317 e. The molecule has 62 heavy (non-hydrogen) atoms. The first-order valence-electron chi connectivity index (χ1n) is 21.5. The molecule has 2 atom stereocenters. The van der Waals surface area contributed by atoms with E-state index in [9.17, 15) is 48.9 Å². The Morgan fingerprint density at radius 2 is 1.11 bits per heavy atom. The molecule has 1 aliphatic heterocycles. The Morgan fingerprint density at radius 3 is 1.56 bits per heavy atom. The summed E-state index contributed by atoms with van der Waals surface area (Å²) in [6.07, 6.45) is 5.06. The minimum Gasteiger partial charge on any atom is -0.480 e. The number of benzene rings is 1. The molecule has 0 saturated carbocycles. The molecule has 0 bridgehead atoms. The molecule has 0 spiro atoms. The molecule has 0 radical (unpaired) electrons. The summed E-state index contributed by atoms with van der Waals surface area (Å²) < 4.78 is 0. The maximum atomic E-state index is 13.5.